The molecule has 0 atom stereocenters. The third-order valence-corrected chi connectivity index (χ3v) is 3.62. The fourth-order valence-electron chi connectivity index (χ4n) is 2.53. The van der Waals surface area contributed by atoms with E-state index in [2.05, 4.69) is 15.1 Å². The second-order valence-electron chi connectivity index (χ2n) is 5.32. The maximum Gasteiger partial charge on any atom is 0.238 e. The van der Waals surface area contributed by atoms with Crippen LogP contribution in [0.4, 0.5) is 10.1 Å². The van der Waals surface area contributed by atoms with Crippen molar-refractivity contribution in [3.8, 4) is 0 Å². The number of nitrogens with two attached hydrogens (primary N) is 1. The predicted molar refractivity (Wildman–Crippen MR) is 81.6 cm³/mol. The van der Waals surface area contributed by atoms with Crippen molar-refractivity contribution in [1.29, 1.82) is 0 Å². The zero-order chi connectivity index (χ0) is 15.1. The number of anilines is 1. The molecular weight excluding hydrogens is 271 g/mol. The minimum Gasteiger partial charge on any atom is -0.329 e. The smallest absolute Gasteiger partial charge is 0.238 e. The van der Waals surface area contributed by atoms with Crippen LogP contribution in [0.25, 0.3) is 0 Å². The molecule has 0 aromatic heterocycles. The highest BCUT2D eigenvalue weighted by Crippen LogP contribution is 2.09. The van der Waals surface area contributed by atoms with Crippen LogP contribution in [0.3, 0.4) is 0 Å². The van der Waals surface area contributed by atoms with Crippen molar-refractivity contribution in [2.24, 2.45) is 5.73 Å². The number of nitrogens with one attached hydrogen (secondary N) is 1. The van der Waals surface area contributed by atoms with Crippen LogP contribution >= 0.6 is 0 Å². The van der Waals surface area contributed by atoms with Crippen molar-refractivity contribution in [1.82, 2.24) is 9.80 Å². The van der Waals surface area contributed by atoms with Gasteiger partial charge in [-0.3, -0.25) is 9.69 Å². The SMILES string of the molecule is NCCN1CCCN(CC(=O)Nc2ccc(F)cc2)CC1. The van der Waals surface area contributed by atoms with Crippen molar-refractivity contribution < 1.29 is 9.18 Å². The van der Waals surface area contributed by atoms with Gasteiger partial charge in [-0.1, -0.05) is 0 Å². The van der Waals surface area contributed by atoms with Crippen molar-refractivity contribution >= 4 is 11.6 Å². The summed E-state index contributed by atoms with van der Waals surface area (Å²) in [5, 5.41) is 2.79. The summed E-state index contributed by atoms with van der Waals surface area (Å²) in [6.07, 6.45) is 1.05. The molecule has 0 radical (unpaired) electrons. The van der Waals surface area contributed by atoms with Gasteiger partial charge in [-0.05, 0) is 43.8 Å². The Morgan fingerprint density at radius 3 is 2.52 bits per heavy atom. The van der Waals surface area contributed by atoms with Crippen LogP contribution in [0.5, 0.6) is 0 Å². The van der Waals surface area contributed by atoms with E-state index in [1.807, 2.05) is 0 Å². The molecule has 5 nitrogen and oxygen atoms in total. The first kappa shape index (κ1) is 15.9. The van der Waals surface area contributed by atoms with Gasteiger partial charge in [0.05, 0.1) is 6.54 Å². The van der Waals surface area contributed by atoms with Crippen molar-refractivity contribution in [3.63, 3.8) is 0 Å². The lowest BCUT2D eigenvalue weighted by atomic mass is 10.3. The number of rotatable bonds is 5. The molecule has 1 heterocycles. The third kappa shape index (κ3) is 5.41. The van der Waals surface area contributed by atoms with Crippen LogP contribution in [0.15, 0.2) is 24.3 Å². The van der Waals surface area contributed by atoms with E-state index in [1.54, 1.807) is 12.1 Å². The molecule has 1 aliphatic rings. The molecule has 0 saturated carbocycles. The molecule has 0 unspecified atom stereocenters. The van der Waals surface area contributed by atoms with Crippen molar-refractivity contribution in [2.45, 2.75) is 6.42 Å². The minimum atomic E-state index is -0.305. The molecule has 1 fully saturated rings. The van der Waals surface area contributed by atoms with Crippen LogP contribution in [-0.4, -0.2) is 61.5 Å². The van der Waals surface area contributed by atoms with Crippen LogP contribution in [0, 0.1) is 5.82 Å². The number of halogens is 1. The fourth-order valence-corrected chi connectivity index (χ4v) is 2.53. The summed E-state index contributed by atoms with van der Waals surface area (Å²) in [5.74, 6) is -0.366. The molecular formula is C15H23FN4O. The lowest BCUT2D eigenvalue weighted by Gasteiger charge is -2.20. The second kappa shape index (κ2) is 8.07. The quantitative estimate of drug-likeness (QED) is 0.840. The molecule has 1 aliphatic heterocycles. The number of nitrogens with zero attached hydrogens (tertiary/aromatic N) is 2. The largest absolute Gasteiger partial charge is 0.329 e. The second-order valence-corrected chi connectivity index (χ2v) is 5.32. The number of carbonyl (C=O) groups excluding carboxylic acids is 1. The van der Waals surface area contributed by atoms with E-state index < -0.39 is 0 Å². The van der Waals surface area contributed by atoms with Gasteiger partial charge in [-0.25, -0.2) is 4.39 Å². The molecule has 1 saturated heterocycles. The molecule has 116 valence electrons. The van der Waals surface area contributed by atoms with Gasteiger partial charge < -0.3 is 16.0 Å². The van der Waals surface area contributed by atoms with Crippen molar-refractivity contribution in [2.75, 3.05) is 51.1 Å². The molecule has 1 amide bonds. The Labute approximate surface area is 124 Å². The Morgan fingerprint density at radius 2 is 1.81 bits per heavy atom. The molecule has 3 N–H and O–H groups in total. The van der Waals surface area contributed by atoms with Gasteiger partial charge >= 0.3 is 0 Å². The molecule has 1 aromatic carbocycles. The first-order chi connectivity index (χ1) is 10.2. The number of amides is 1. The molecule has 2 rings (SSSR count). The normalized spacial score (nSPS) is 17.4. The van der Waals surface area contributed by atoms with E-state index in [0.717, 1.165) is 39.1 Å². The summed E-state index contributed by atoms with van der Waals surface area (Å²) in [7, 11) is 0. The predicted octanol–water partition coefficient (Wildman–Crippen LogP) is 0.731. The van der Waals surface area contributed by atoms with Crippen LogP contribution in [-0.2, 0) is 4.79 Å². The van der Waals surface area contributed by atoms with Gasteiger partial charge in [0.1, 0.15) is 5.82 Å². The van der Waals surface area contributed by atoms with E-state index in [9.17, 15) is 9.18 Å². The van der Waals surface area contributed by atoms with E-state index in [1.165, 1.54) is 12.1 Å². The van der Waals surface area contributed by atoms with Gasteiger partial charge in [0, 0.05) is 31.9 Å². The zero-order valence-corrected chi connectivity index (χ0v) is 12.2. The zero-order valence-electron chi connectivity index (χ0n) is 12.2. The molecule has 0 bridgehead atoms. The summed E-state index contributed by atoms with van der Waals surface area (Å²) >= 11 is 0. The fraction of sp³-hybridized carbons (Fsp3) is 0.533. The average molecular weight is 294 g/mol. The highest BCUT2D eigenvalue weighted by atomic mass is 19.1. The summed E-state index contributed by atoms with van der Waals surface area (Å²) in [6.45, 7) is 5.72. The molecule has 21 heavy (non-hydrogen) atoms. The number of hydrogen-bond acceptors (Lipinski definition) is 4. The van der Waals surface area contributed by atoms with Crippen LogP contribution in [0.2, 0.25) is 0 Å². The summed E-state index contributed by atoms with van der Waals surface area (Å²) in [5.41, 5.74) is 6.20. The van der Waals surface area contributed by atoms with E-state index >= 15 is 0 Å². The molecule has 6 heteroatoms. The number of carbonyl (C=O) groups is 1. The lowest BCUT2D eigenvalue weighted by Crippen LogP contribution is -2.37. The van der Waals surface area contributed by atoms with Gasteiger partial charge in [0.15, 0.2) is 0 Å². The van der Waals surface area contributed by atoms with Gasteiger partial charge in [-0.15, -0.1) is 0 Å². The van der Waals surface area contributed by atoms with E-state index in [-0.39, 0.29) is 11.7 Å². The number of hydrogen-bond donors (Lipinski definition) is 2. The maximum atomic E-state index is 12.8. The van der Waals surface area contributed by atoms with E-state index in [4.69, 9.17) is 5.73 Å². The topological polar surface area (TPSA) is 61.6 Å². The Kier molecular flexibility index (Phi) is 6.10. The summed E-state index contributed by atoms with van der Waals surface area (Å²) < 4.78 is 12.8. The monoisotopic (exact) mass is 294 g/mol. The molecule has 0 spiro atoms. The Hall–Kier alpha value is -1.50. The first-order valence-corrected chi connectivity index (χ1v) is 7.37. The van der Waals surface area contributed by atoms with Crippen molar-refractivity contribution in [3.05, 3.63) is 30.1 Å². The highest BCUT2D eigenvalue weighted by molar-refractivity contribution is 5.92. The van der Waals surface area contributed by atoms with Gasteiger partial charge in [-0.2, -0.15) is 0 Å². The van der Waals surface area contributed by atoms with Gasteiger partial charge in [0.25, 0.3) is 0 Å². The molecule has 0 aliphatic carbocycles. The Bertz CT molecular complexity index is 451. The standard InChI is InChI=1S/C15H23FN4O/c16-13-2-4-14(5-3-13)18-15(21)12-20-8-1-7-19(9-6-17)10-11-20/h2-5H,1,6-12,17H2,(H,18,21). The van der Waals surface area contributed by atoms with Gasteiger partial charge in [0.2, 0.25) is 5.91 Å². The average Bonchev–Trinajstić information content (AvgIpc) is 2.67. The maximum absolute atomic E-state index is 12.8. The Morgan fingerprint density at radius 1 is 1.14 bits per heavy atom. The molecule has 1 aromatic rings. The van der Waals surface area contributed by atoms with Crippen LogP contribution < -0.4 is 11.1 Å². The first-order valence-electron chi connectivity index (χ1n) is 7.37. The number of benzene rings is 1. The third-order valence-electron chi connectivity index (χ3n) is 3.62. The summed E-state index contributed by atoms with van der Waals surface area (Å²) in [4.78, 5) is 16.5. The van der Waals surface area contributed by atoms with E-state index in [0.29, 0.717) is 18.8 Å². The van der Waals surface area contributed by atoms with Crippen LogP contribution in [0.1, 0.15) is 6.42 Å². The lowest BCUT2D eigenvalue weighted by molar-refractivity contribution is -0.117. The highest BCUT2D eigenvalue weighted by Gasteiger charge is 2.16. The Balaban J connectivity index is 1.78. The summed E-state index contributed by atoms with van der Waals surface area (Å²) in [6, 6.07) is 5.82. The minimum absolute atomic E-state index is 0.0612.